The van der Waals surface area contributed by atoms with Gasteiger partial charge in [-0.15, -0.1) is 0 Å². The van der Waals surface area contributed by atoms with Gasteiger partial charge in [-0.2, -0.15) is 26.3 Å². The van der Waals surface area contributed by atoms with Crippen LogP contribution in [0.15, 0.2) is 59.6 Å². The lowest BCUT2D eigenvalue weighted by atomic mass is 10.1. The van der Waals surface area contributed by atoms with Crippen LogP contribution in [0.5, 0.6) is 0 Å². The lowest BCUT2D eigenvalue weighted by Gasteiger charge is -2.40. The highest BCUT2D eigenvalue weighted by Crippen LogP contribution is 2.54. The van der Waals surface area contributed by atoms with E-state index in [1.165, 1.54) is 48.5 Å². The van der Waals surface area contributed by atoms with E-state index >= 15 is 0 Å². The Bertz CT molecular complexity index is 821. The quantitative estimate of drug-likeness (QED) is 0.521. The third-order valence-electron chi connectivity index (χ3n) is 3.69. The van der Waals surface area contributed by atoms with Gasteiger partial charge in [-0.1, -0.05) is 65.8 Å². The predicted octanol–water partition coefficient (Wildman–Crippen LogP) is 6.37. The molecule has 1 heterocycles. The molecule has 0 saturated heterocycles. The van der Waals surface area contributed by atoms with Crippen LogP contribution in [0, 0.1) is 0 Å². The van der Waals surface area contributed by atoms with E-state index in [1.807, 2.05) is 0 Å². The van der Waals surface area contributed by atoms with Gasteiger partial charge in [-0.05, 0) is 17.7 Å². The number of ether oxygens (including phenoxy) is 1. The molecule has 10 heteroatoms. The third kappa shape index (κ3) is 3.81. The van der Waals surface area contributed by atoms with Crippen LogP contribution in [0.25, 0.3) is 0 Å². The van der Waals surface area contributed by atoms with Crippen LogP contribution in [0.1, 0.15) is 16.6 Å². The predicted molar refractivity (Wildman–Crippen MR) is 90.7 cm³/mol. The van der Waals surface area contributed by atoms with Crippen LogP contribution < -0.4 is 0 Å². The summed E-state index contributed by atoms with van der Waals surface area (Å²) in [5.74, 6) is 0. The molecule has 0 spiro atoms. The molecule has 0 bridgehead atoms. The van der Waals surface area contributed by atoms with E-state index in [-0.39, 0.29) is 16.1 Å². The first-order valence-electron chi connectivity index (χ1n) is 7.42. The van der Waals surface area contributed by atoms with Gasteiger partial charge in [-0.25, -0.2) is 4.99 Å². The Labute approximate surface area is 159 Å². The van der Waals surface area contributed by atoms with Crippen molar-refractivity contribution in [1.82, 2.24) is 0 Å². The maximum absolute atomic E-state index is 13.6. The summed E-state index contributed by atoms with van der Waals surface area (Å²) in [7, 11) is 0. The van der Waals surface area contributed by atoms with Crippen LogP contribution in [0.3, 0.4) is 0 Å². The number of hydrogen-bond donors (Lipinski definition) is 0. The van der Waals surface area contributed by atoms with Crippen molar-refractivity contribution in [2.24, 2.45) is 4.99 Å². The van der Waals surface area contributed by atoms with Gasteiger partial charge in [-0.3, -0.25) is 0 Å². The van der Waals surface area contributed by atoms with Crippen molar-refractivity contribution in [2.75, 3.05) is 0 Å². The lowest BCUT2D eigenvalue weighted by Crippen LogP contribution is -2.59. The van der Waals surface area contributed by atoms with Gasteiger partial charge in [0.25, 0.3) is 0 Å². The van der Waals surface area contributed by atoms with Crippen molar-refractivity contribution in [3.05, 3.63) is 70.7 Å². The van der Waals surface area contributed by atoms with Gasteiger partial charge in [0, 0.05) is 10.6 Å². The first-order chi connectivity index (χ1) is 12.5. The molecular formula is C17H10ClF6NOS. The Morgan fingerprint density at radius 3 is 1.96 bits per heavy atom. The first-order valence-corrected chi connectivity index (χ1v) is 8.68. The van der Waals surface area contributed by atoms with E-state index < -0.39 is 28.6 Å². The van der Waals surface area contributed by atoms with E-state index in [2.05, 4.69) is 9.73 Å². The van der Waals surface area contributed by atoms with Crippen LogP contribution >= 0.6 is 23.4 Å². The Kier molecular flexibility index (Phi) is 5.22. The largest absolute Gasteiger partial charge is 0.448 e. The molecule has 1 aliphatic heterocycles. The monoisotopic (exact) mass is 425 g/mol. The molecule has 1 atom stereocenters. The second kappa shape index (κ2) is 7.03. The molecule has 0 aliphatic carbocycles. The molecule has 1 aliphatic rings. The number of halogens is 7. The van der Waals surface area contributed by atoms with E-state index in [4.69, 9.17) is 11.6 Å². The van der Waals surface area contributed by atoms with Crippen molar-refractivity contribution < 1.29 is 31.1 Å². The van der Waals surface area contributed by atoms with Gasteiger partial charge in [0.15, 0.2) is 0 Å². The molecule has 27 heavy (non-hydrogen) atoms. The smallest absolute Gasteiger partial charge is 0.319 e. The van der Waals surface area contributed by atoms with Crippen LogP contribution in [-0.4, -0.2) is 23.1 Å². The highest BCUT2D eigenvalue weighted by atomic mass is 35.5. The van der Waals surface area contributed by atoms with Gasteiger partial charge < -0.3 is 4.74 Å². The van der Waals surface area contributed by atoms with Gasteiger partial charge in [0.2, 0.25) is 0 Å². The second-order valence-electron chi connectivity index (χ2n) is 5.54. The minimum Gasteiger partial charge on any atom is -0.319 e. The van der Waals surface area contributed by atoms with Crippen LogP contribution in [0.4, 0.5) is 26.3 Å². The number of rotatable bonds is 2. The minimum absolute atomic E-state index is 0.0755. The maximum atomic E-state index is 13.6. The summed E-state index contributed by atoms with van der Waals surface area (Å²) < 4.78 is 85.9. The third-order valence-corrected chi connectivity index (χ3v) is 5.07. The summed E-state index contributed by atoms with van der Waals surface area (Å²) in [6.45, 7) is 0. The number of thioether (sulfide) groups is 1. The Morgan fingerprint density at radius 1 is 0.889 bits per heavy atom. The van der Waals surface area contributed by atoms with Crippen LogP contribution in [-0.2, 0) is 4.74 Å². The molecule has 3 rings (SSSR count). The Morgan fingerprint density at radius 2 is 1.44 bits per heavy atom. The van der Waals surface area contributed by atoms with E-state index in [0.717, 1.165) is 0 Å². The second-order valence-corrected chi connectivity index (χ2v) is 7.03. The average molecular weight is 426 g/mol. The number of benzene rings is 2. The molecule has 0 radical (unpaired) electrons. The maximum Gasteiger partial charge on any atom is 0.448 e. The van der Waals surface area contributed by atoms with Crippen molar-refractivity contribution in [1.29, 1.82) is 0 Å². The summed E-state index contributed by atoms with van der Waals surface area (Å²) in [6, 6.07) is 12.7. The molecule has 2 nitrogen and oxygen atoms in total. The Balaban J connectivity index is 2.18. The topological polar surface area (TPSA) is 21.6 Å². The van der Waals surface area contributed by atoms with Gasteiger partial charge in [0.1, 0.15) is 10.5 Å². The fourth-order valence-corrected chi connectivity index (χ4v) is 3.63. The van der Waals surface area contributed by atoms with Crippen molar-refractivity contribution >= 4 is 28.4 Å². The number of hydrogen-bond acceptors (Lipinski definition) is 3. The standard InChI is InChI=1S/C17H10ClF6NOS/c18-12-8-6-10(7-9-12)13-25-15(16(19,20)21,17(22,23)24)26-14(27-13)11-4-2-1-3-5-11/h1-9,14H. The molecule has 0 saturated carbocycles. The average Bonchev–Trinajstić information content (AvgIpc) is 2.61. The van der Waals surface area contributed by atoms with Crippen LogP contribution in [0.2, 0.25) is 5.02 Å². The van der Waals surface area contributed by atoms with E-state index in [1.54, 1.807) is 6.07 Å². The van der Waals surface area contributed by atoms with Crippen molar-refractivity contribution in [2.45, 2.75) is 23.5 Å². The molecule has 0 aromatic heterocycles. The van der Waals surface area contributed by atoms with Gasteiger partial charge in [0.05, 0.1) is 0 Å². The SMILES string of the molecule is FC(F)(F)C1(C(F)(F)F)N=C(c2ccc(Cl)cc2)SC(c2ccccc2)O1. The summed E-state index contributed by atoms with van der Waals surface area (Å²) >= 11 is 6.41. The number of aliphatic imine (C=N–C) groups is 1. The van der Waals surface area contributed by atoms with E-state index in [9.17, 15) is 26.3 Å². The fraction of sp³-hybridized carbons (Fsp3) is 0.235. The van der Waals surface area contributed by atoms with Crippen molar-refractivity contribution in [3.8, 4) is 0 Å². The van der Waals surface area contributed by atoms with Crippen molar-refractivity contribution in [3.63, 3.8) is 0 Å². The first kappa shape index (κ1) is 20.0. The number of nitrogens with zero attached hydrogens (tertiary/aromatic N) is 1. The molecule has 0 amide bonds. The molecule has 144 valence electrons. The molecular weight excluding hydrogens is 416 g/mol. The summed E-state index contributed by atoms with van der Waals surface area (Å²) in [5.41, 5.74) is -5.99. The summed E-state index contributed by atoms with van der Waals surface area (Å²) in [4.78, 5) is 3.00. The Hall–Kier alpha value is -1.71. The fourth-order valence-electron chi connectivity index (χ4n) is 2.37. The molecule has 2 aromatic rings. The summed E-state index contributed by atoms with van der Waals surface area (Å²) in [6.07, 6.45) is -11.6. The normalized spacial score (nSPS) is 20.3. The zero-order valence-electron chi connectivity index (χ0n) is 13.2. The molecule has 1 unspecified atom stereocenters. The highest BCUT2D eigenvalue weighted by Gasteiger charge is 2.75. The summed E-state index contributed by atoms with van der Waals surface area (Å²) in [5, 5.41) is -0.157. The highest BCUT2D eigenvalue weighted by molar-refractivity contribution is 8.14. The molecule has 0 fully saturated rings. The van der Waals surface area contributed by atoms with E-state index in [0.29, 0.717) is 11.8 Å². The minimum atomic E-state index is -5.81. The zero-order valence-corrected chi connectivity index (χ0v) is 14.8. The number of alkyl halides is 6. The molecule has 0 N–H and O–H groups in total. The zero-order chi connectivity index (χ0) is 19.9. The lowest BCUT2D eigenvalue weighted by molar-refractivity contribution is -0.382. The van der Waals surface area contributed by atoms with Gasteiger partial charge >= 0.3 is 18.1 Å². The molecule has 2 aromatic carbocycles.